The van der Waals surface area contributed by atoms with Crippen molar-refractivity contribution < 1.29 is 34.1 Å². The lowest BCUT2D eigenvalue weighted by atomic mass is 9.95. The van der Waals surface area contributed by atoms with Crippen LogP contribution in [0.5, 0.6) is 17.2 Å². The Morgan fingerprint density at radius 3 is 2.23 bits per heavy atom. The zero-order chi connectivity index (χ0) is 24.9. The Labute approximate surface area is 199 Å². The molecule has 0 bridgehead atoms. The average molecular weight is 470 g/mol. The van der Waals surface area contributed by atoms with Gasteiger partial charge in [-0.25, -0.2) is 0 Å². The first-order chi connectivity index (χ1) is 16.8. The van der Waals surface area contributed by atoms with Crippen molar-refractivity contribution in [2.75, 3.05) is 0 Å². The maximum Gasteiger partial charge on any atom is 0.311 e. The first-order valence-electron chi connectivity index (χ1n) is 11.1. The zero-order valence-corrected chi connectivity index (χ0v) is 19.1. The highest BCUT2D eigenvalue weighted by Gasteiger charge is 2.23. The maximum absolute atomic E-state index is 11.8. The quantitative estimate of drug-likeness (QED) is 0.121. The summed E-state index contributed by atoms with van der Waals surface area (Å²) < 4.78 is 11.4. The molecular formula is C28H22O7. The predicted molar refractivity (Wildman–Crippen MR) is 132 cm³/mol. The summed E-state index contributed by atoms with van der Waals surface area (Å²) in [7, 11) is 0. The van der Waals surface area contributed by atoms with Gasteiger partial charge in [0, 0.05) is 21.9 Å². The number of phenols is 2. The predicted octanol–water partition coefficient (Wildman–Crippen LogP) is 6.20. The summed E-state index contributed by atoms with van der Waals surface area (Å²) in [6.45, 7) is 3.79. The number of ether oxygens (including phenoxy) is 1. The van der Waals surface area contributed by atoms with Gasteiger partial charge in [0.05, 0.1) is 18.2 Å². The summed E-state index contributed by atoms with van der Waals surface area (Å²) in [6.07, 6.45) is -0.516. The van der Waals surface area contributed by atoms with Crippen molar-refractivity contribution in [3.05, 3.63) is 65.7 Å². The van der Waals surface area contributed by atoms with E-state index in [1.807, 2.05) is 37.3 Å². The number of benzene rings is 4. The summed E-state index contributed by atoms with van der Waals surface area (Å²) in [5.74, 6) is -1.33. The van der Waals surface area contributed by atoms with Gasteiger partial charge in [0.1, 0.15) is 17.1 Å². The molecule has 0 aliphatic heterocycles. The third-order valence-electron chi connectivity index (χ3n) is 6.26. The molecule has 0 spiro atoms. The Morgan fingerprint density at radius 2 is 1.51 bits per heavy atom. The minimum Gasteiger partial charge on any atom is -0.504 e. The average Bonchev–Trinajstić information content (AvgIpc) is 3.18. The van der Waals surface area contributed by atoms with Gasteiger partial charge in [0.15, 0.2) is 11.5 Å². The van der Waals surface area contributed by atoms with Crippen LogP contribution in [0.3, 0.4) is 0 Å². The number of phenolic OH excluding ortho intramolecular Hbond substituents is 2. The Hall–Kier alpha value is -4.52. The van der Waals surface area contributed by atoms with Gasteiger partial charge >= 0.3 is 11.9 Å². The van der Waals surface area contributed by atoms with E-state index in [0.717, 1.165) is 16.3 Å². The molecule has 5 rings (SSSR count). The normalized spacial score (nSPS) is 11.4. The van der Waals surface area contributed by atoms with Gasteiger partial charge in [-0.3, -0.25) is 9.59 Å². The number of aryl methyl sites for hydroxylation is 2. The van der Waals surface area contributed by atoms with Crippen molar-refractivity contribution in [2.45, 2.75) is 26.7 Å². The van der Waals surface area contributed by atoms with E-state index in [4.69, 9.17) is 14.3 Å². The van der Waals surface area contributed by atoms with Crippen molar-refractivity contribution in [3.63, 3.8) is 0 Å². The molecule has 7 nitrogen and oxygen atoms in total. The molecule has 0 radical (unpaired) electrons. The topological polar surface area (TPSA) is 117 Å². The minimum absolute atomic E-state index is 0.192. The van der Waals surface area contributed by atoms with Crippen molar-refractivity contribution in [1.29, 1.82) is 0 Å². The van der Waals surface area contributed by atoms with Crippen LogP contribution in [0.15, 0.2) is 59.0 Å². The van der Waals surface area contributed by atoms with Crippen molar-refractivity contribution >= 4 is 44.5 Å². The minimum atomic E-state index is -1.07. The Bertz CT molecular complexity index is 1640. The van der Waals surface area contributed by atoms with E-state index in [0.29, 0.717) is 38.6 Å². The number of carbonyl (C=O) groups is 2. The number of aromatic hydroxyl groups is 2. The van der Waals surface area contributed by atoms with Gasteiger partial charge in [-0.2, -0.15) is 0 Å². The molecule has 4 aromatic carbocycles. The van der Waals surface area contributed by atoms with Crippen LogP contribution in [0, 0.1) is 13.8 Å². The summed E-state index contributed by atoms with van der Waals surface area (Å²) in [5, 5.41) is 34.1. The lowest BCUT2D eigenvalue weighted by molar-refractivity contribution is -0.142. The van der Waals surface area contributed by atoms with Gasteiger partial charge in [-0.05, 0) is 60.5 Å². The smallest absolute Gasteiger partial charge is 0.311 e. The summed E-state index contributed by atoms with van der Waals surface area (Å²) in [5.41, 5.74) is 2.87. The number of hydrogen-bond acceptors (Lipinski definition) is 6. The number of carbonyl (C=O) groups excluding carboxylic acids is 1. The maximum atomic E-state index is 11.8. The molecule has 176 valence electrons. The van der Waals surface area contributed by atoms with Gasteiger partial charge in [-0.1, -0.05) is 24.3 Å². The van der Waals surface area contributed by atoms with Gasteiger partial charge in [0.25, 0.3) is 0 Å². The molecule has 0 saturated heterocycles. The van der Waals surface area contributed by atoms with E-state index < -0.39 is 11.9 Å². The lowest BCUT2D eigenvalue weighted by Crippen LogP contribution is -2.10. The van der Waals surface area contributed by atoms with Crippen LogP contribution >= 0.6 is 0 Å². The van der Waals surface area contributed by atoms with Crippen LogP contribution in [0.2, 0.25) is 0 Å². The molecule has 0 aliphatic carbocycles. The molecule has 35 heavy (non-hydrogen) atoms. The molecule has 0 atom stereocenters. The van der Waals surface area contributed by atoms with Crippen LogP contribution in [-0.4, -0.2) is 27.3 Å². The fraction of sp³-hybridized carbons (Fsp3) is 0.143. The van der Waals surface area contributed by atoms with Crippen LogP contribution in [0.1, 0.15) is 24.0 Å². The molecule has 5 aromatic rings. The number of esters is 1. The number of rotatable bonds is 5. The monoisotopic (exact) mass is 470 g/mol. The van der Waals surface area contributed by atoms with E-state index in [-0.39, 0.29) is 30.1 Å². The Kier molecular flexibility index (Phi) is 5.32. The summed E-state index contributed by atoms with van der Waals surface area (Å²) in [6, 6.07) is 16.3. The third kappa shape index (κ3) is 3.71. The summed E-state index contributed by atoms with van der Waals surface area (Å²) >= 11 is 0. The second kappa shape index (κ2) is 8.36. The number of aliphatic carboxylic acids is 1. The number of hydrogen-bond donors (Lipinski definition) is 3. The van der Waals surface area contributed by atoms with Gasteiger partial charge < -0.3 is 24.5 Å². The third-order valence-corrected chi connectivity index (χ3v) is 6.26. The molecule has 1 aromatic heterocycles. The Balaban J connectivity index is 1.60. The van der Waals surface area contributed by atoms with E-state index in [9.17, 15) is 19.8 Å². The van der Waals surface area contributed by atoms with Crippen molar-refractivity contribution in [3.8, 4) is 28.6 Å². The standard InChI is InChI=1S/C28H22O7/c1-14-4-3-5-19-18(14)10-11-20-24(19)26(33)25(32)23-15(2)27(35-28(20)23)16-6-8-17(9-7-16)34-22(31)13-12-21(29)30/h3-11,32-33H,12-13H2,1-2H3,(H,29,30). The first-order valence-corrected chi connectivity index (χ1v) is 11.1. The number of carboxylic acid groups (broad SMARTS) is 1. The molecule has 0 unspecified atom stereocenters. The van der Waals surface area contributed by atoms with Gasteiger partial charge in [-0.15, -0.1) is 0 Å². The second-order valence-electron chi connectivity index (χ2n) is 8.51. The molecular weight excluding hydrogens is 448 g/mol. The van der Waals surface area contributed by atoms with E-state index in [2.05, 4.69) is 0 Å². The van der Waals surface area contributed by atoms with Crippen LogP contribution < -0.4 is 4.74 Å². The number of furan rings is 1. The number of carboxylic acids is 1. The van der Waals surface area contributed by atoms with Crippen LogP contribution in [0.4, 0.5) is 0 Å². The highest BCUT2D eigenvalue weighted by molar-refractivity contribution is 6.22. The lowest BCUT2D eigenvalue weighted by Gasteiger charge is -2.10. The van der Waals surface area contributed by atoms with Crippen LogP contribution in [-0.2, 0) is 9.59 Å². The number of fused-ring (bicyclic) bond motifs is 5. The molecule has 1 heterocycles. The molecule has 7 heteroatoms. The van der Waals surface area contributed by atoms with Crippen molar-refractivity contribution in [1.82, 2.24) is 0 Å². The van der Waals surface area contributed by atoms with E-state index in [1.54, 1.807) is 31.2 Å². The Morgan fingerprint density at radius 1 is 0.829 bits per heavy atom. The largest absolute Gasteiger partial charge is 0.504 e. The molecule has 0 amide bonds. The molecule has 0 saturated carbocycles. The fourth-order valence-corrected chi connectivity index (χ4v) is 4.53. The highest BCUT2D eigenvalue weighted by Crippen LogP contribution is 2.49. The molecule has 3 N–H and O–H groups in total. The zero-order valence-electron chi connectivity index (χ0n) is 19.1. The van der Waals surface area contributed by atoms with Crippen LogP contribution in [0.25, 0.3) is 43.8 Å². The molecule has 0 aliphatic rings. The fourth-order valence-electron chi connectivity index (χ4n) is 4.53. The second-order valence-corrected chi connectivity index (χ2v) is 8.51. The highest BCUT2D eigenvalue weighted by atomic mass is 16.5. The summed E-state index contributed by atoms with van der Waals surface area (Å²) in [4.78, 5) is 22.4. The van der Waals surface area contributed by atoms with E-state index in [1.165, 1.54) is 0 Å². The van der Waals surface area contributed by atoms with E-state index >= 15 is 0 Å². The first kappa shape index (κ1) is 22.3. The van der Waals surface area contributed by atoms with Gasteiger partial charge in [0.2, 0.25) is 0 Å². The van der Waals surface area contributed by atoms with Crippen molar-refractivity contribution in [2.24, 2.45) is 0 Å². The SMILES string of the molecule is Cc1cccc2c1ccc1c3oc(-c4ccc(OC(=O)CCC(=O)O)cc4)c(C)c3c(O)c(O)c21. The molecule has 0 fully saturated rings.